The fourth-order valence-corrected chi connectivity index (χ4v) is 9.59. The molecule has 3 aromatic heterocycles. The first-order valence-electron chi connectivity index (χ1n) is 23.2. The summed E-state index contributed by atoms with van der Waals surface area (Å²) in [7, 11) is 0. The predicted octanol–water partition coefficient (Wildman–Crippen LogP) is 9.34. The molecule has 0 spiro atoms. The zero-order chi connectivity index (χ0) is 48.7. The number of pyridine rings is 1. The quantitative estimate of drug-likeness (QED) is 0.0538. The third kappa shape index (κ3) is 13.0. The third-order valence-corrected chi connectivity index (χ3v) is 13.1. The molecule has 368 valence electrons. The van der Waals surface area contributed by atoms with E-state index in [0.717, 1.165) is 55.5 Å². The van der Waals surface area contributed by atoms with Gasteiger partial charge in [-0.15, -0.1) is 21.5 Å². The van der Waals surface area contributed by atoms with Crippen molar-refractivity contribution in [1.29, 1.82) is 0 Å². The molecule has 0 unspecified atom stereocenters. The lowest BCUT2D eigenvalue weighted by Gasteiger charge is -2.20. The predicted molar refractivity (Wildman–Crippen MR) is 277 cm³/mol. The molecular weight excluding hydrogens is 948 g/mol. The number of fused-ring (bicyclic) bond motifs is 4. The second-order valence-electron chi connectivity index (χ2n) is 18.1. The summed E-state index contributed by atoms with van der Waals surface area (Å²) in [6, 6.07) is 24.2. The standard InChI is InChI=1S/C53H57ClN6O8S.H2S/c1-32-33(2)69-51-47(32)48(36-11-13-40(54)14-12-36)56-45(50-59-58-34(3)60(50)51)31-41(61)27-35-7-15-43(16-8-35)67-26-25-66-24-23-65-22-21-64-20-19-55-46-18-17-44(49(57-46)52(63)68-53(4,5)6)38-10-9-37-29-42(62)30-39(37)28-38;/h7-18,28,45H,19-27,29-31H2,1-6H3,(H,55,57);1H2/t45-;/m0./s1. The van der Waals surface area contributed by atoms with Crippen LogP contribution in [-0.2, 0) is 47.8 Å². The largest absolute Gasteiger partial charge is 0.491 e. The van der Waals surface area contributed by atoms with Crippen LogP contribution in [0.4, 0.5) is 5.82 Å². The Labute approximate surface area is 424 Å². The van der Waals surface area contributed by atoms with E-state index in [9.17, 15) is 14.4 Å². The summed E-state index contributed by atoms with van der Waals surface area (Å²) in [6.07, 6.45) is 1.26. The van der Waals surface area contributed by atoms with Crippen molar-refractivity contribution in [3.63, 3.8) is 0 Å². The molecule has 70 heavy (non-hydrogen) atoms. The van der Waals surface area contributed by atoms with Crippen LogP contribution in [0.3, 0.4) is 0 Å². The SMILES string of the molecule is Cc1sc2c(c1C)C(c1ccc(Cl)cc1)=N[C@@H](CC(=O)Cc1ccc(OCCOCCOCCOCCNc3ccc(-c4ccc5c(c4)CC(=O)C5)c(C(=O)OC(C)(C)C)n3)cc1)c1nnc(C)n1-2.S. The number of halogens is 1. The molecule has 17 heteroatoms. The Morgan fingerprint density at radius 2 is 1.49 bits per heavy atom. The van der Waals surface area contributed by atoms with Gasteiger partial charge in [0.15, 0.2) is 11.5 Å². The van der Waals surface area contributed by atoms with Crippen molar-refractivity contribution in [2.75, 3.05) is 58.1 Å². The lowest BCUT2D eigenvalue weighted by molar-refractivity contribution is -0.119. The molecule has 3 aromatic carbocycles. The summed E-state index contributed by atoms with van der Waals surface area (Å²) in [5.41, 5.74) is 7.78. The highest BCUT2D eigenvalue weighted by Gasteiger charge is 2.33. The number of anilines is 1. The van der Waals surface area contributed by atoms with Crippen LogP contribution in [0, 0.1) is 20.8 Å². The average Bonchev–Trinajstić information content (AvgIpc) is 3.95. The van der Waals surface area contributed by atoms with Crippen LogP contribution in [0.15, 0.2) is 83.9 Å². The van der Waals surface area contributed by atoms with Gasteiger partial charge in [-0.2, -0.15) is 13.5 Å². The first-order chi connectivity index (χ1) is 33.2. The number of thiophene rings is 1. The van der Waals surface area contributed by atoms with Gasteiger partial charge in [-0.3, -0.25) is 19.1 Å². The second kappa shape index (κ2) is 23.4. The molecule has 0 radical (unpaired) electrons. The van der Waals surface area contributed by atoms with Gasteiger partial charge in [-0.05, 0) is 106 Å². The highest BCUT2D eigenvalue weighted by atomic mass is 35.5. The zero-order valence-corrected chi connectivity index (χ0v) is 42.9. The van der Waals surface area contributed by atoms with Gasteiger partial charge < -0.3 is 29.0 Å². The van der Waals surface area contributed by atoms with Gasteiger partial charge >= 0.3 is 5.97 Å². The maximum atomic E-state index is 13.7. The first kappa shape index (κ1) is 52.1. The summed E-state index contributed by atoms with van der Waals surface area (Å²) in [5.74, 6) is 2.32. The highest BCUT2D eigenvalue weighted by Crippen LogP contribution is 2.40. The molecule has 0 fully saturated rings. The van der Waals surface area contributed by atoms with Crippen LogP contribution < -0.4 is 10.1 Å². The van der Waals surface area contributed by atoms with Crippen molar-refractivity contribution in [1.82, 2.24) is 19.7 Å². The smallest absolute Gasteiger partial charge is 0.358 e. The molecule has 8 rings (SSSR count). The molecule has 1 aliphatic heterocycles. The van der Waals surface area contributed by atoms with Gasteiger partial charge in [0.05, 0.1) is 45.4 Å². The molecule has 1 N–H and O–H groups in total. The molecule has 1 atom stereocenters. The molecule has 6 aromatic rings. The Balaban J connectivity index is 0.00000722. The van der Waals surface area contributed by atoms with E-state index in [4.69, 9.17) is 40.3 Å². The topological polar surface area (TPSA) is 165 Å². The van der Waals surface area contributed by atoms with Gasteiger partial charge in [0.25, 0.3) is 0 Å². The van der Waals surface area contributed by atoms with Crippen LogP contribution in [0.25, 0.3) is 16.1 Å². The third-order valence-electron chi connectivity index (χ3n) is 11.7. The minimum atomic E-state index is -0.693. The number of carbonyl (C=O) groups is 3. The number of carbonyl (C=O) groups excluding carboxylic acids is 3. The summed E-state index contributed by atoms with van der Waals surface area (Å²) in [5, 5.41) is 13.8. The Morgan fingerprint density at radius 3 is 2.20 bits per heavy atom. The van der Waals surface area contributed by atoms with Crippen molar-refractivity contribution in [3.8, 4) is 21.9 Å². The number of aromatic nitrogens is 4. The fraction of sp³-hybridized carbons (Fsp3) is 0.377. The van der Waals surface area contributed by atoms with E-state index in [1.807, 2.05) is 107 Å². The molecule has 0 amide bonds. The number of ketones is 2. The van der Waals surface area contributed by atoms with E-state index in [0.29, 0.717) is 93.6 Å². The summed E-state index contributed by atoms with van der Waals surface area (Å²) < 4.78 is 30.7. The highest BCUT2D eigenvalue weighted by molar-refractivity contribution is 7.59. The number of hydrogen-bond donors (Lipinski definition) is 1. The van der Waals surface area contributed by atoms with Gasteiger partial charge in [0, 0.05) is 58.8 Å². The molecule has 14 nitrogen and oxygen atoms in total. The molecule has 2 aliphatic rings. The number of aliphatic imine (C=N–C) groups is 1. The Bertz CT molecular complexity index is 2860. The van der Waals surface area contributed by atoms with Gasteiger partial charge in [0.2, 0.25) is 0 Å². The van der Waals surface area contributed by atoms with Crippen LogP contribution in [0.5, 0.6) is 5.75 Å². The van der Waals surface area contributed by atoms with Gasteiger partial charge in [0.1, 0.15) is 52.2 Å². The molecule has 0 saturated carbocycles. The van der Waals surface area contributed by atoms with Crippen LogP contribution >= 0.6 is 36.4 Å². The monoisotopic (exact) mass is 1010 g/mol. The van der Waals surface area contributed by atoms with Crippen LogP contribution in [0.1, 0.15) is 93.6 Å². The number of aryl methyl sites for hydroxylation is 2. The summed E-state index contributed by atoms with van der Waals surface area (Å²) >= 11 is 7.94. The van der Waals surface area contributed by atoms with Crippen LogP contribution in [-0.4, -0.2) is 101 Å². The average molecular weight is 1010 g/mol. The Hall–Kier alpha value is -5.75. The number of rotatable bonds is 21. The van der Waals surface area contributed by atoms with E-state index in [1.165, 1.54) is 4.88 Å². The fourth-order valence-electron chi connectivity index (χ4n) is 8.25. The number of esters is 1. The number of nitrogens with zero attached hydrogens (tertiary/aromatic N) is 5. The van der Waals surface area contributed by atoms with Crippen LogP contribution in [0.2, 0.25) is 5.02 Å². The summed E-state index contributed by atoms with van der Waals surface area (Å²) in [6.45, 7) is 14.9. The minimum Gasteiger partial charge on any atom is -0.491 e. The minimum absolute atomic E-state index is 0. The second-order valence-corrected chi connectivity index (χ2v) is 19.7. The number of benzene rings is 3. The van der Waals surface area contributed by atoms with Crippen molar-refractivity contribution in [2.24, 2.45) is 4.99 Å². The Kier molecular flexibility index (Phi) is 17.4. The zero-order valence-electron chi connectivity index (χ0n) is 40.4. The summed E-state index contributed by atoms with van der Waals surface area (Å²) in [4.78, 5) is 50.0. The normalized spacial score (nSPS) is 14.0. The molecule has 0 bridgehead atoms. The van der Waals surface area contributed by atoms with Crippen molar-refractivity contribution in [3.05, 3.63) is 139 Å². The lowest BCUT2D eigenvalue weighted by atomic mass is 9.99. The molecule has 0 saturated heterocycles. The number of nitrogens with one attached hydrogen (secondary N) is 1. The van der Waals surface area contributed by atoms with E-state index >= 15 is 0 Å². The van der Waals surface area contributed by atoms with E-state index in [1.54, 1.807) is 11.3 Å². The maximum Gasteiger partial charge on any atom is 0.358 e. The van der Waals surface area contributed by atoms with E-state index in [-0.39, 0.29) is 43.6 Å². The van der Waals surface area contributed by atoms with E-state index in [2.05, 4.69) is 38.9 Å². The molecule has 4 heterocycles. The maximum absolute atomic E-state index is 13.7. The number of ether oxygens (including phenoxy) is 5. The molecular formula is C53H59ClN6O8S2. The number of hydrogen-bond acceptors (Lipinski definition) is 14. The lowest BCUT2D eigenvalue weighted by Crippen LogP contribution is -2.25. The van der Waals surface area contributed by atoms with Crippen molar-refractivity contribution < 1.29 is 38.1 Å². The first-order valence-corrected chi connectivity index (χ1v) is 24.4. The van der Waals surface area contributed by atoms with Gasteiger partial charge in [-0.25, -0.2) is 9.78 Å². The molecule has 1 aliphatic carbocycles. The van der Waals surface area contributed by atoms with E-state index < -0.39 is 17.6 Å². The Morgan fingerprint density at radius 1 is 0.814 bits per heavy atom. The number of Topliss-reactive ketones (excluding diaryl/α,β-unsaturated/α-hetero) is 2. The van der Waals surface area contributed by atoms with Crippen molar-refractivity contribution in [2.45, 2.75) is 78.9 Å². The van der Waals surface area contributed by atoms with Gasteiger partial charge in [-0.1, -0.05) is 54.1 Å². The van der Waals surface area contributed by atoms with Crippen molar-refractivity contribution >= 4 is 65.5 Å².